The van der Waals surface area contributed by atoms with Gasteiger partial charge in [0, 0.05) is 25.9 Å². The Labute approximate surface area is 108 Å². The van der Waals surface area contributed by atoms with Crippen molar-refractivity contribution in [2.45, 2.75) is 17.7 Å². The van der Waals surface area contributed by atoms with Gasteiger partial charge in [0.25, 0.3) is 0 Å². The quantitative estimate of drug-likeness (QED) is 0.905. The number of hydrogen-bond donors (Lipinski definition) is 1. The first-order valence-electron chi connectivity index (χ1n) is 6.37. The first kappa shape index (κ1) is 11.8. The van der Waals surface area contributed by atoms with Gasteiger partial charge in [-0.2, -0.15) is 0 Å². The fourth-order valence-electron chi connectivity index (χ4n) is 2.51. The van der Waals surface area contributed by atoms with Gasteiger partial charge in [-0.05, 0) is 30.9 Å². The van der Waals surface area contributed by atoms with Crippen molar-refractivity contribution in [1.82, 2.24) is 0 Å². The molecule has 1 aliphatic heterocycles. The normalized spacial score (nSPS) is 19.3. The predicted molar refractivity (Wildman–Crippen MR) is 73.0 cm³/mol. The maximum Gasteiger partial charge on any atom is 0.177 e. The molecular formula is C13H18N2O2S. The highest BCUT2D eigenvalue weighted by molar-refractivity contribution is 7.90. The standard InChI is InChI=1S/C13H18N2O2S/c1-18(16,17)12-4-2-3-11-13(12)14-7-8-15(11)9-10-5-6-10/h2-4,10,14H,5-9H2,1H3. The van der Waals surface area contributed by atoms with Crippen LogP contribution in [-0.4, -0.2) is 34.3 Å². The summed E-state index contributed by atoms with van der Waals surface area (Å²) >= 11 is 0. The third-order valence-corrected chi connectivity index (χ3v) is 4.74. The first-order chi connectivity index (χ1) is 8.55. The van der Waals surface area contributed by atoms with Crippen LogP contribution in [0, 0.1) is 5.92 Å². The topological polar surface area (TPSA) is 49.4 Å². The number of fused-ring (bicyclic) bond motifs is 1. The van der Waals surface area contributed by atoms with Crippen LogP contribution >= 0.6 is 0 Å². The molecule has 0 spiro atoms. The Hall–Kier alpha value is -1.23. The average molecular weight is 266 g/mol. The minimum atomic E-state index is -3.17. The molecule has 0 aromatic heterocycles. The lowest BCUT2D eigenvalue weighted by atomic mass is 10.2. The Bertz CT molecular complexity index is 564. The number of nitrogens with zero attached hydrogens (tertiary/aromatic N) is 1. The zero-order valence-electron chi connectivity index (χ0n) is 10.5. The molecule has 98 valence electrons. The van der Waals surface area contributed by atoms with Crippen LogP contribution in [0.15, 0.2) is 23.1 Å². The summed E-state index contributed by atoms with van der Waals surface area (Å²) in [5, 5.41) is 3.24. The van der Waals surface area contributed by atoms with Crippen LogP contribution in [0.5, 0.6) is 0 Å². The summed E-state index contributed by atoms with van der Waals surface area (Å²) < 4.78 is 23.6. The first-order valence-corrected chi connectivity index (χ1v) is 8.27. The summed E-state index contributed by atoms with van der Waals surface area (Å²) in [6, 6.07) is 5.53. The van der Waals surface area contributed by atoms with Crippen molar-refractivity contribution in [3.8, 4) is 0 Å². The van der Waals surface area contributed by atoms with Crippen LogP contribution in [0.3, 0.4) is 0 Å². The van der Waals surface area contributed by atoms with Crippen molar-refractivity contribution >= 4 is 21.2 Å². The number of para-hydroxylation sites is 1. The smallest absolute Gasteiger partial charge is 0.177 e. The van der Waals surface area contributed by atoms with Crippen LogP contribution < -0.4 is 10.2 Å². The van der Waals surface area contributed by atoms with Crippen molar-refractivity contribution in [3.05, 3.63) is 18.2 Å². The highest BCUT2D eigenvalue weighted by atomic mass is 32.2. The van der Waals surface area contributed by atoms with Crippen molar-refractivity contribution in [3.63, 3.8) is 0 Å². The van der Waals surface area contributed by atoms with Gasteiger partial charge < -0.3 is 10.2 Å². The minimum Gasteiger partial charge on any atom is -0.381 e. The van der Waals surface area contributed by atoms with E-state index in [9.17, 15) is 8.42 Å². The molecule has 1 saturated carbocycles. The summed E-state index contributed by atoms with van der Waals surface area (Å²) in [5.41, 5.74) is 1.82. The van der Waals surface area contributed by atoms with E-state index in [0.29, 0.717) is 4.90 Å². The molecule has 0 bridgehead atoms. The Morgan fingerprint density at radius 3 is 2.83 bits per heavy atom. The maximum atomic E-state index is 11.8. The van der Waals surface area contributed by atoms with Gasteiger partial charge in [-0.3, -0.25) is 0 Å². The number of benzene rings is 1. The largest absolute Gasteiger partial charge is 0.381 e. The molecule has 0 amide bonds. The zero-order valence-corrected chi connectivity index (χ0v) is 11.3. The Morgan fingerprint density at radius 1 is 1.39 bits per heavy atom. The number of anilines is 2. The fourth-order valence-corrected chi connectivity index (χ4v) is 3.38. The monoisotopic (exact) mass is 266 g/mol. The molecule has 0 saturated heterocycles. The van der Waals surface area contributed by atoms with Crippen molar-refractivity contribution in [2.75, 3.05) is 36.1 Å². The molecule has 0 radical (unpaired) electrons. The van der Waals surface area contributed by atoms with Crippen LogP contribution in [0.2, 0.25) is 0 Å². The van der Waals surface area contributed by atoms with Gasteiger partial charge in [-0.25, -0.2) is 8.42 Å². The third kappa shape index (κ3) is 2.19. The molecule has 1 heterocycles. The van der Waals surface area contributed by atoms with E-state index >= 15 is 0 Å². The molecule has 1 aliphatic carbocycles. The summed E-state index contributed by atoms with van der Waals surface area (Å²) in [6.07, 6.45) is 3.89. The molecule has 0 unspecified atom stereocenters. The van der Waals surface area contributed by atoms with Crippen LogP contribution in [0.4, 0.5) is 11.4 Å². The van der Waals surface area contributed by atoms with Gasteiger partial charge in [0.05, 0.1) is 16.3 Å². The molecule has 18 heavy (non-hydrogen) atoms. The summed E-state index contributed by atoms with van der Waals surface area (Å²) in [5.74, 6) is 0.804. The number of rotatable bonds is 3. The molecule has 2 aliphatic rings. The van der Waals surface area contributed by atoms with Gasteiger partial charge in [-0.1, -0.05) is 6.07 Å². The second-order valence-corrected chi connectivity index (χ2v) is 7.22. The number of sulfone groups is 1. The molecule has 1 aromatic carbocycles. The Balaban J connectivity index is 2.02. The highest BCUT2D eigenvalue weighted by Gasteiger charge is 2.28. The summed E-state index contributed by atoms with van der Waals surface area (Å²) in [4.78, 5) is 2.73. The minimum absolute atomic E-state index is 0.417. The molecule has 4 nitrogen and oxygen atoms in total. The Kier molecular flexibility index (Phi) is 2.73. The maximum absolute atomic E-state index is 11.8. The van der Waals surface area contributed by atoms with E-state index < -0.39 is 9.84 Å². The van der Waals surface area contributed by atoms with E-state index in [1.807, 2.05) is 12.1 Å². The van der Waals surface area contributed by atoms with E-state index in [2.05, 4.69) is 10.2 Å². The van der Waals surface area contributed by atoms with E-state index in [0.717, 1.165) is 36.9 Å². The van der Waals surface area contributed by atoms with Crippen LogP contribution in [0.1, 0.15) is 12.8 Å². The highest BCUT2D eigenvalue weighted by Crippen LogP contribution is 2.38. The average Bonchev–Trinajstić information content (AvgIpc) is 3.11. The van der Waals surface area contributed by atoms with E-state index in [-0.39, 0.29) is 0 Å². The lowest BCUT2D eigenvalue weighted by Gasteiger charge is -2.33. The van der Waals surface area contributed by atoms with Crippen molar-refractivity contribution in [2.24, 2.45) is 5.92 Å². The lowest BCUT2D eigenvalue weighted by molar-refractivity contribution is 0.601. The molecule has 5 heteroatoms. The zero-order chi connectivity index (χ0) is 12.8. The summed E-state index contributed by atoms with van der Waals surface area (Å²) in [7, 11) is -3.17. The van der Waals surface area contributed by atoms with Gasteiger partial charge in [0.2, 0.25) is 0 Å². The second kappa shape index (κ2) is 4.16. The number of nitrogens with one attached hydrogen (secondary N) is 1. The second-order valence-electron chi connectivity index (χ2n) is 5.24. The molecule has 1 aromatic rings. The van der Waals surface area contributed by atoms with Crippen molar-refractivity contribution < 1.29 is 8.42 Å². The third-order valence-electron chi connectivity index (χ3n) is 3.60. The molecular weight excluding hydrogens is 248 g/mol. The molecule has 1 fully saturated rings. The van der Waals surface area contributed by atoms with Gasteiger partial charge in [0.1, 0.15) is 0 Å². The number of hydrogen-bond acceptors (Lipinski definition) is 4. The van der Waals surface area contributed by atoms with Crippen LogP contribution in [0.25, 0.3) is 0 Å². The van der Waals surface area contributed by atoms with Gasteiger partial charge >= 0.3 is 0 Å². The van der Waals surface area contributed by atoms with Crippen molar-refractivity contribution in [1.29, 1.82) is 0 Å². The van der Waals surface area contributed by atoms with Gasteiger partial charge in [-0.15, -0.1) is 0 Å². The molecule has 1 N–H and O–H groups in total. The lowest BCUT2D eigenvalue weighted by Crippen LogP contribution is -2.36. The SMILES string of the molecule is CS(=O)(=O)c1cccc2c1NCCN2CC1CC1. The molecule has 0 atom stereocenters. The van der Waals surface area contributed by atoms with E-state index in [1.54, 1.807) is 6.07 Å². The Morgan fingerprint density at radius 2 is 2.17 bits per heavy atom. The van der Waals surface area contributed by atoms with Crippen LogP contribution in [-0.2, 0) is 9.84 Å². The van der Waals surface area contributed by atoms with E-state index in [4.69, 9.17) is 0 Å². The van der Waals surface area contributed by atoms with Gasteiger partial charge in [0.15, 0.2) is 9.84 Å². The fraction of sp³-hybridized carbons (Fsp3) is 0.538. The molecule has 3 rings (SSSR count). The summed E-state index contributed by atoms with van der Waals surface area (Å²) in [6.45, 7) is 2.82. The predicted octanol–water partition coefficient (Wildman–Crippen LogP) is 1.73. The van der Waals surface area contributed by atoms with E-state index in [1.165, 1.54) is 19.1 Å².